The summed E-state index contributed by atoms with van der Waals surface area (Å²) >= 11 is 0. The highest BCUT2D eigenvalue weighted by Crippen LogP contribution is 2.41. The first kappa shape index (κ1) is 25.9. The third-order valence-electron chi connectivity index (χ3n) is 6.47. The van der Waals surface area contributed by atoms with E-state index >= 15 is 0 Å². The molecule has 0 bridgehead atoms. The van der Waals surface area contributed by atoms with Crippen molar-refractivity contribution in [2.45, 2.75) is 32.5 Å². The molecule has 39 heavy (non-hydrogen) atoms. The zero-order valence-corrected chi connectivity index (χ0v) is 21.6. The Morgan fingerprint density at radius 2 is 1.69 bits per heavy atom. The molecule has 3 aromatic carbocycles. The third-order valence-corrected chi connectivity index (χ3v) is 6.47. The Hall–Kier alpha value is -4.78. The summed E-state index contributed by atoms with van der Waals surface area (Å²) in [7, 11) is 0. The zero-order chi connectivity index (χ0) is 27.2. The number of furan rings is 1. The molecule has 1 N–H and O–H groups in total. The standard InChI is InChI=1S/C32H29NO6/c1-2-17-37-25-15-13-23(14-16-25)30(34)28-29(33(32(36)31(28)35)20-27-12-7-18-38-27)24-10-6-11-26(19-24)39-21-22-8-4-3-5-9-22/h3-16,18-19,29,34H,2,17,20-21H2,1H3/b30-28-. The van der Waals surface area contributed by atoms with Crippen molar-refractivity contribution in [1.29, 1.82) is 0 Å². The van der Waals surface area contributed by atoms with Crippen LogP contribution in [0.2, 0.25) is 0 Å². The molecule has 5 rings (SSSR count). The SMILES string of the molecule is CCCOc1ccc(/C(O)=C2/C(=O)C(=O)N(Cc3ccco3)C2c2cccc(OCc3ccccc3)c2)cc1. The van der Waals surface area contributed by atoms with Gasteiger partial charge in [-0.3, -0.25) is 9.59 Å². The van der Waals surface area contributed by atoms with Crippen LogP contribution in [-0.2, 0) is 22.7 Å². The molecule has 1 saturated heterocycles. The lowest BCUT2D eigenvalue weighted by atomic mass is 9.95. The number of carbonyl (C=O) groups is 2. The normalized spacial score (nSPS) is 16.4. The first-order valence-electron chi connectivity index (χ1n) is 12.9. The molecule has 2 heterocycles. The number of amides is 1. The number of hydrogen-bond acceptors (Lipinski definition) is 6. The van der Waals surface area contributed by atoms with Gasteiger partial charge in [-0.2, -0.15) is 0 Å². The lowest BCUT2D eigenvalue weighted by Gasteiger charge is -2.25. The predicted molar refractivity (Wildman–Crippen MR) is 146 cm³/mol. The van der Waals surface area contributed by atoms with Gasteiger partial charge in [-0.05, 0) is 66.1 Å². The van der Waals surface area contributed by atoms with Crippen LogP contribution >= 0.6 is 0 Å². The molecule has 1 aromatic heterocycles. The van der Waals surface area contributed by atoms with Crippen molar-refractivity contribution in [2.24, 2.45) is 0 Å². The van der Waals surface area contributed by atoms with E-state index in [0.29, 0.717) is 41.6 Å². The van der Waals surface area contributed by atoms with Crippen LogP contribution in [0, 0.1) is 0 Å². The van der Waals surface area contributed by atoms with Crippen LogP contribution in [0.25, 0.3) is 5.76 Å². The van der Waals surface area contributed by atoms with E-state index in [-0.39, 0.29) is 17.9 Å². The highest BCUT2D eigenvalue weighted by Gasteiger charge is 2.46. The summed E-state index contributed by atoms with van der Waals surface area (Å²) < 4.78 is 17.1. The van der Waals surface area contributed by atoms with Gasteiger partial charge in [-0.1, -0.05) is 49.4 Å². The molecule has 1 fully saturated rings. The molecule has 7 heteroatoms. The molecular formula is C32H29NO6. The fourth-order valence-corrected chi connectivity index (χ4v) is 4.56. The van der Waals surface area contributed by atoms with E-state index in [0.717, 1.165) is 12.0 Å². The van der Waals surface area contributed by atoms with Crippen molar-refractivity contribution >= 4 is 17.4 Å². The van der Waals surface area contributed by atoms with Crippen LogP contribution in [0.5, 0.6) is 11.5 Å². The topological polar surface area (TPSA) is 89.2 Å². The van der Waals surface area contributed by atoms with Crippen LogP contribution in [0.3, 0.4) is 0 Å². The van der Waals surface area contributed by atoms with Crippen molar-refractivity contribution < 1.29 is 28.6 Å². The minimum atomic E-state index is -0.841. The average Bonchev–Trinajstić information content (AvgIpc) is 3.58. The maximum absolute atomic E-state index is 13.4. The second kappa shape index (κ2) is 11.7. The first-order chi connectivity index (χ1) is 19.0. The maximum atomic E-state index is 13.4. The van der Waals surface area contributed by atoms with Gasteiger partial charge in [0.25, 0.3) is 11.7 Å². The third kappa shape index (κ3) is 5.72. The van der Waals surface area contributed by atoms with Gasteiger partial charge in [-0.25, -0.2) is 0 Å². The highest BCUT2D eigenvalue weighted by molar-refractivity contribution is 6.46. The van der Waals surface area contributed by atoms with Crippen LogP contribution in [0.15, 0.2) is 107 Å². The Kier molecular flexibility index (Phi) is 7.78. The van der Waals surface area contributed by atoms with Crippen LogP contribution < -0.4 is 9.47 Å². The van der Waals surface area contributed by atoms with Crippen molar-refractivity contribution in [3.63, 3.8) is 0 Å². The Morgan fingerprint density at radius 1 is 0.897 bits per heavy atom. The quantitative estimate of drug-likeness (QED) is 0.150. The van der Waals surface area contributed by atoms with Crippen molar-refractivity contribution in [3.05, 3.63) is 125 Å². The fourth-order valence-electron chi connectivity index (χ4n) is 4.56. The lowest BCUT2D eigenvalue weighted by molar-refractivity contribution is -0.140. The summed E-state index contributed by atoms with van der Waals surface area (Å²) in [6.45, 7) is 3.02. The number of aliphatic hydroxyl groups is 1. The molecule has 198 valence electrons. The second-order valence-electron chi connectivity index (χ2n) is 9.23. The molecular weight excluding hydrogens is 494 g/mol. The Morgan fingerprint density at radius 3 is 2.41 bits per heavy atom. The molecule has 1 unspecified atom stereocenters. The number of rotatable bonds is 10. The Bertz CT molecular complexity index is 1460. The molecule has 1 amide bonds. The number of nitrogens with zero attached hydrogens (tertiary/aromatic N) is 1. The van der Waals surface area contributed by atoms with Crippen LogP contribution in [0.1, 0.15) is 41.8 Å². The summed E-state index contributed by atoms with van der Waals surface area (Å²) in [4.78, 5) is 28.0. The van der Waals surface area contributed by atoms with Crippen LogP contribution in [0.4, 0.5) is 0 Å². The van der Waals surface area contributed by atoms with Gasteiger partial charge in [-0.15, -0.1) is 0 Å². The molecule has 7 nitrogen and oxygen atoms in total. The van der Waals surface area contributed by atoms with E-state index in [1.54, 1.807) is 42.5 Å². The van der Waals surface area contributed by atoms with Gasteiger partial charge in [0.15, 0.2) is 0 Å². The van der Waals surface area contributed by atoms with E-state index < -0.39 is 17.7 Å². The average molecular weight is 524 g/mol. The summed E-state index contributed by atoms with van der Waals surface area (Å²) in [5.41, 5.74) is 2.07. The largest absolute Gasteiger partial charge is 0.507 e. The highest BCUT2D eigenvalue weighted by atomic mass is 16.5. The van der Waals surface area contributed by atoms with E-state index in [1.165, 1.54) is 11.2 Å². The van der Waals surface area contributed by atoms with Gasteiger partial charge >= 0.3 is 0 Å². The van der Waals surface area contributed by atoms with E-state index in [4.69, 9.17) is 13.9 Å². The van der Waals surface area contributed by atoms with Crippen molar-refractivity contribution in [1.82, 2.24) is 4.90 Å². The lowest BCUT2D eigenvalue weighted by Crippen LogP contribution is -2.29. The fraction of sp³-hybridized carbons (Fsp3) is 0.188. The minimum Gasteiger partial charge on any atom is -0.507 e. The Labute approximate surface area is 226 Å². The van der Waals surface area contributed by atoms with Crippen molar-refractivity contribution in [3.8, 4) is 11.5 Å². The van der Waals surface area contributed by atoms with Gasteiger partial charge in [0.1, 0.15) is 29.6 Å². The number of benzene rings is 3. The van der Waals surface area contributed by atoms with Gasteiger partial charge < -0.3 is 23.9 Å². The summed E-state index contributed by atoms with van der Waals surface area (Å²) in [6.07, 6.45) is 2.39. The van der Waals surface area contributed by atoms with Gasteiger partial charge in [0, 0.05) is 5.56 Å². The number of likely N-dealkylation sites (tertiary alicyclic amines) is 1. The van der Waals surface area contributed by atoms with E-state index in [1.807, 2.05) is 55.5 Å². The molecule has 0 saturated carbocycles. The number of aliphatic hydroxyl groups excluding tert-OH is 1. The number of ether oxygens (including phenoxy) is 2. The van der Waals surface area contributed by atoms with Gasteiger partial charge in [0.2, 0.25) is 0 Å². The van der Waals surface area contributed by atoms with E-state index in [2.05, 4.69) is 0 Å². The summed E-state index contributed by atoms with van der Waals surface area (Å²) in [5, 5.41) is 11.4. The number of hydrogen-bond donors (Lipinski definition) is 1. The molecule has 1 atom stereocenters. The summed E-state index contributed by atoms with van der Waals surface area (Å²) in [5.74, 6) is 0.0417. The minimum absolute atomic E-state index is 0.00833. The number of Topliss-reactive ketones (excluding diaryl/α,β-unsaturated/α-hetero) is 1. The predicted octanol–water partition coefficient (Wildman–Crippen LogP) is 6.27. The zero-order valence-electron chi connectivity index (χ0n) is 21.6. The smallest absolute Gasteiger partial charge is 0.296 e. The molecule has 4 aromatic rings. The molecule has 0 spiro atoms. The molecule has 1 aliphatic heterocycles. The van der Waals surface area contributed by atoms with Crippen molar-refractivity contribution in [2.75, 3.05) is 6.61 Å². The molecule has 0 aliphatic carbocycles. The second-order valence-corrected chi connectivity index (χ2v) is 9.23. The van der Waals surface area contributed by atoms with Gasteiger partial charge in [0.05, 0.1) is 31.0 Å². The van der Waals surface area contributed by atoms with E-state index in [9.17, 15) is 14.7 Å². The molecule has 1 aliphatic rings. The maximum Gasteiger partial charge on any atom is 0.296 e. The number of ketones is 1. The first-order valence-corrected chi connectivity index (χ1v) is 12.9. The van der Waals surface area contributed by atoms with Crippen LogP contribution in [-0.4, -0.2) is 28.3 Å². The number of carbonyl (C=O) groups excluding carboxylic acids is 2. The molecule has 0 radical (unpaired) electrons. The summed E-state index contributed by atoms with van der Waals surface area (Å²) in [6, 6.07) is 26.5. The Balaban J connectivity index is 1.52. The monoisotopic (exact) mass is 523 g/mol.